The Morgan fingerprint density at radius 1 is 1.03 bits per heavy atom. The zero-order chi connectivity index (χ0) is 24.7. The van der Waals surface area contributed by atoms with Crippen LogP contribution in [0.5, 0.6) is 17.2 Å². The van der Waals surface area contributed by atoms with Crippen molar-refractivity contribution in [1.29, 1.82) is 0 Å². The number of aliphatic hydroxyl groups excluding tert-OH is 1. The molecule has 2 N–H and O–H groups in total. The number of phenolic OH excluding ortho intramolecular Hbond substituents is 1. The Morgan fingerprint density at radius 3 is 2.60 bits per heavy atom. The first kappa shape index (κ1) is 22.3. The number of aliphatic hydroxyl groups is 1. The first-order chi connectivity index (χ1) is 16.9. The Labute approximate surface area is 202 Å². The van der Waals surface area contributed by atoms with Crippen LogP contribution in [0.3, 0.4) is 0 Å². The molecule has 5 rings (SSSR count). The molecule has 1 saturated heterocycles. The monoisotopic (exact) mass is 472 g/mol. The summed E-state index contributed by atoms with van der Waals surface area (Å²) in [6.07, 6.45) is 0. The Hall–Kier alpha value is -4.46. The number of methoxy groups -OCH3 is 1. The van der Waals surface area contributed by atoms with Gasteiger partial charge in [-0.1, -0.05) is 24.3 Å². The van der Waals surface area contributed by atoms with E-state index in [2.05, 4.69) is 0 Å². The average Bonchev–Trinajstić information content (AvgIpc) is 3.14. The molecule has 2 aliphatic heterocycles. The number of phenols is 1. The molecule has 35 heavy (non-hydrogen) atoms. The van der Waals surface area contributed by atoms with Crippen LogP contribution in [0.4, 0.5) is 11.4 Å². The van der Waals surface area contributed by atoms with E-state index in [0.717, 1.165) is 5.69 Å². The lowest BCUT2D eigenvalue weighted by Crippen LogP contribution is -2.29. The van der Waals surface area contributed by atoms with Crippen molar-refractivity contribution in [3.63, 3.8) is 0 Å². The molecule has 8 nitrogen and oxygen atoms in total. The van der Waals surface area contributed by atoms with Crippen molar-refractivity contribution < 1.29 is 29.3 Å². The third-order valence-corrected chi connectivity index (χ3v) is 6.32. The van der Waals surface area contributed by atoms with Crippen LogP contribution in [0.25, 0.3) is 5.76 Å². The second-order valence-electron chi connectivity index (χ2n) is 8.39. The van der Waals surface area contributed by atoms with Gasteiger partial charge in [-0.05, 0) is 48.0 Å². The molecule has 0 saturated carbocycles. The van der Waals surface area contributed by atoms with E-state index in [-0.39, 0.29) is 22.8 Å². The van der Waals surface area contributed by atoms with Crippen molar-refractivity contribution in [1.82, 2.24) is 0 Å². The molecule has 1 fully saturated rings. The number of anilines is 2. The number of hydrogen-bond donors (Lipinski definition) is 2. The first-order valence-electron chi connectivity index (χ1n) is 11.1. The molecule has 178 valence electrons. The third-order valence-electron chi connectivity index (χ3n) is 6.32. The molecule has 1 atom stereocenters. The van der Waals surface area contributed by atoms with Gasteiger partial charge in [0.2, 0.25) is 0 Å². The minimum atomic E-state index is -0.983. The number of Topliss-reactive ketones (excluding diaryl/α,β-unsaturated/α-hetero) is 1. The van der Waals surface area contributed by atoms with Crippen LogP contribution >= 0.6 is 0 Å². The Kier molecular flexibility index (Phi) is 5.56. The van der Waals surface area contributed by atoms with Gasteiger partial charge in [-0.15, -0.1) is 0 Å². The van der Waals surface area contributed by atoms with Gasteiger partial charge >= 0.3 is 0 Å². The quantitative estimate of drug-likeness (QED) is 0.338. The lowest BCUT2D eigenvalue weighted by atomic mass is 9.94. The summed E-state index contributed by atoms with van der Waals surface area (Å²) >= 11 is 0. The highest BCUT2D eigenvalue weighted by atomic mass is 16.5. The number of para-hydroxylation sites is 2. The van der Waals surface area contributed by atoms with Crippen LogP contribution in [0.2, 0.25) is 0 Å². The number of carbonyl (C=O) groups is 2. The van der Waals surface area contributed by atoms with Crippen LogP contribution in [0.1, 0.15) is 17.2 Å². The van der Waals surface area contributed by atoms with Crippen molar-refractivity contribution in [2.45, 2.75) is 6.04 Å². The fraction of sp³-hybridized carbons (Fsp3) is 0.185. The molecule has 2 heterocycles. The number of ketones is 1. The number of likely N-dealkylation sites (N-methyl/N-ethyl adjacent to an activating group) is 1. The molecule has 0 aromatic heterocycles. The van der Waals surface area contributed by atoms with E-state index in [1.807, 2.05) is 11.9 Å². The standard InChI is InChI=1S/C27H24N2O6/c1-28-12-13-35-22-11-10-17(15-20(22)28)25(31)23-24(16-6-5-7-18(14-16)34-2)29(27(33)26(23)32)19-8-3-4-9-21(19)30/h3-11,14-15,24,30-31H,12-13H2,1-2H3/b25-23-. The van der Waals surface area contributed by atoms with Crippen LogP contribution in [0.15, 0.2) is 72.3 Å². The van der Waals surface area contributed by atoms with Gasteiger partial charge in [-0.3, -0.25) is 14.5 Å². The lowest BCUT2D eigenvalue weighted by molar-refractivity contribution is -0.132. The zero-order valence-electron chi connectivity index (χ0n) is 19.3. The summed E-state index contributed by atoms with van der Waals surface area (Å²) in [6.45, 7) is 1.23. The topological polar surface area (TPSA) is 99.5 Å². The third kappa shape index (κ3) is 3.73. The molecule has 0 spiro atoms. The van der Waals surface area contributed by atoms with Gasteiger partial charge in [-0.25, -0.2) is 0 Å². The number of aromatic hydroxyl groups is 1. The minimum absolute atomic E-state index is 0.0779. The number of nitrogens with zero attached hydrogens (tertiary/aromatic N) is 2. The van der Waals surface area contributed by atoms with Crippen molar-refractivity contribution in [2.24, 2.45) is 0 Å². The van der Waals surface area contributed by atoms with E-state index < -0.39 is 17.7 Å². The maximum Gasteiger partial charge on any atom is 0.300 e. The first-order valence-corrected chi connectivity index (χ1v) is 11.1. The average molecular weight is 472 g/mol. The second-order valence-corrected chi connectivity index (χ2v) is 8.39. The van der Waals surface area contributed by atoms with Gasteiger partial charge in [0.1, 0.15) is 29.6 Å². The number of hydrogen-bond acceptors (Lipinski definition) is 7. The molecule has 0 radical (unpaired) electrons. The fourth-order valence-electron chi connectivity index (χ4n) is 4.53. The maximum absolute atomic E-state index is 13.3. The van der Waals surface area contributed by atoms with Crippen molar-refractivity contribution >= 4 is 28.8 Å². The number of ether oxygens (including phenoxy) is 2. The molecule has 3 aromatic rings. The molecule has 3 aromatic carbocycles. The minimum Gasteiger partial charge on any atom is -0.507 e. The Bertz CT molecular complexity index is 1370. The predicted octanol–water partition coefficient (Wildman–Crippen LogP) is 3.86. The van der Waals surface area contributed by atoms with E-state index in [4.69, 9.17) is 9.47 Å². The summed E-state index contributed by atoms with van der Waals surface area (Å²) in [5.41, 5.74) is 1.79. The molecule has 0 bridgehead atoms. The Morgan fingerprint density at radius 2 is 1.83 bits per heavy atom. The van der Waals surface area contributed by atoms with Crippen LogP contribution in [-0.2, 0) is 9.59 Å². The highest BCUT2D eigenvalue weighted by Crippen LogP contribution is 2.45. The molecule has 0 aliphatic carbocycles. The van der Waals surface area contributed by atoms with Gasteiger partial charge in [0.05, 0.1) is 36.6 Å². The Balaban J connectivity index is 1.72. The summed E-state index contributed by atoms with van der Waals surface area (Å²) in [5, 5.41) is 21.9. The van der Waals surface area contributed by atoms with E-state index >= 15 is 0 Å². The van der Waals surface area contributed by atoms with Gasteiger partial charge in [0, 0.05) is 12.6 Å². The highest BCUT2D eigenvalue weighted by molar-refractivity contribution is 6.52. The maximum atomic E-state index is 13.3. The van der Waals surface area contributed by atoms with Crippen molar-refractivity contribution in [3.8, 4) is 17.2 Å². The largest absolute Gasteiger partial charge is 0.507 e. The summed E-state index contributed by atoms with van der Waals surface area (Å²) in [4.78, 5) is 29.8. The van der Waals surface area contributed by atoms with E-state index in [0.29, 0.717) is 35.8 Å². The summed E-state index contributed by atoms with van der Waals surface area (Å²) in [6, 6.07) is 17.4. The fourth-order valence-corrected chi connectivity index (χ4v) is 4.53. The number of fused-ring (bicyclic) bond motifs is 1. The van der Waals surface area contributed by atoms with Gasteiger partial charge < -0.3 is 24.6 Å². The smallest absolute Gasteiger partial charge is 0.300 e. The van der Waals surface area contributed by atoms with Crippen molar-refractivity contribution in [2.75, 3.05) is 37.1 Å². The summed E-state index contributed by atoms with van der Waals surface area (Å²) in [5.74, 6) is -0.960. The van der Waals surface area contributed by atoms with Crippen molar-refractivity contribution in [3.05, 3.63) is 83.4 Å². The summed E-state index contributed by atoms with van der Waals surface area (Å²) < 4.78 is 11.0. The van der Waals surface area contributed by atoms with Gasteiger partial charge in [-0.2, -0.15) is 0 Å². The zero-order valence-corrected chi connectivity index (χ0v) is 19.3. The SMILES string of the molecule is COc1cccc(C2/C(=C(/O)c3ccc4c(c3)N(C)CCO4)C(=O)C(=O)N2c2ccccc2O)c1. The second kappa shape index (κ2) is 8.72. The molecule has 2 aliphatic rings. The molecule has 1 unspecified atom stereocenters. The molecule has 1 amide bonds. The predicted molar refractivity (Wildman–Crippen MR) is 131 cm³/mol. The highest BCUT2D eigenvalue weighted by Gasteiger charge is 2.47. The molecule has 8 heteroatoms. The van der Waals surface area contributed by atoms with Crippen LogP contribution in [0, 0.1) is 0 Å². The molecular formula is C27H24N2O6. The lowest BCUT2D eigenvalue weighted by Gasteiger charge is -2.28. The number of rotatable bonds is 4. The van der Waals surface area contributed by atoms with Gasteiger partial charge in [0.25, 0.3) is 11.7 Å². The van der Waals surface area contributed by atoms with Crippen LogP contribution in [-0.4, -0.2) is 49.2 Å². The number of amides is 1. The normalized spacial score (nSPS) is 18.9. The summed E-state index contributed by atoms with van der Waals surface area (Å²) in [7, 11) is 3.43. The number of carbonyl (C=O) groups excluding carboxylic acids is 2. The van der Waals surface area contributed by atoms with Gasteiger partial charge in [0.15, 0.2) is 0 Å². The van der Waals surface area contributed by atoms with E-state index in [9.17, 15) is 19.8 Å². The van der Waals surface area contributed by atoms with E-state index in [1.165, 1.54) is 18.1 Å². The number of benzene rings is 3. The van der Waals surface area contributed by atoms with E-state index in [1.54, 1.807) is 60.7 Å². The van der Waals surface area contributed by atoms with Crippen LogP contribution < -0.4 is 19.3 Å². The molecular weight excluding hydrogens is 448 g/mol.